The molecule has 0 spiro atoms. The number of nitrogens with two attached hydrogens (primary N) is 2. The van der Waals surface area contributed by atoms with Gasteiger partial charge in [0.2, 0.25) is 0 Å². The normalized spacial score (nSPS) is 10.5. The molecule has 159 valence electrons. The summed E-state index contributed by atoms with van der Waals surface area (Å²) in [5.41, 5.74) is 15.7. The molecule has 2 aromatic heterocycles. The molecule has 4 rings (SSSR count). The van der Waals surface area contributed by atoms with Crippen LogP contribution in [0.2, 0.25) is 0 Å². The summed E-state index contributed by atoms with van der Waals surface area (Å²) in [5, 5.41) is 8.03. The van der Waals surface area contributed by atoms with Crippen LogP contribution >= 0.6 is 11.3 Å². The summed E-state index contributed by atoms with van der Waals surface area (Å²) >= 11 is 1.54. The fraction of sp³-hybridized carbons (Fsp3) is 0.0417. The average Bonchev–Trinajstić information content (AvgIpc) is 3.24. The van der Waals surface area contributed by atoms with Gasteiger partial charge in [0.05, 0.1) is 16.0 Å². The topological polar surface area (TPSA) is 106 Å². The van der Waals surface area contributed by atoms with Crippen LogP contribution in [0.1, 0.15) is 11.1 Å². The first-order chi connectivity index (χ1) is 15.5. The van der Waals surface area contributed by atoms with E-state index in [1.807, 2.05) is 17.5 Å². The van der Waals surface area contributed by atoms with Crippen LogP contribution in [0.25, 0.3) is 21.2 Å². The molecule has 0 saturated carbocycles. The minimum absolute atomic E-state index is 0.0657. The Morgan fingerprint density at radius 2 is 1.97 bits per heavy atom. The molecule has 6 N–H and O–H groups in total. The van der Waals surface area contributed by atoms with Gasteiger partial charge in [-0.3, -0.25) is 0 Å². The van der Waals surface area contributed by atoms with Crippen LogP contribution in [-0.2, 0) is 6.54 Å². The maximum Gasteiger partial charge on any atom is 0.323 e. The van der Waals surface area contributed by atoms with Gasteiger partial charge in [0.25, 0.3) is 0 Å². The van der Waals surface area contributed by atoms with Crippen molar-refractivity contribution in [1.82, 2.24) is 4.98 Å². The van der Waals surface area contributed by atoms with Crippen LogP contribution in [0.5, 0.6) is 0 Å². The number of nitrogens with one attached hydrogen (secondary N) is 2. The van der Waals surface area contributed by atoms with Crippen LogP contribution in [0, 0.1) is 24.6 Å². The number of nitrogen functional groups attached to an aromatic ring is 1. The number of aromatic nitrogens is 1. The Labute approximate surface area is 188 Å². The second-order valence-corrected chi connectivity index (χ2v) is 7.77. The lowest BCUT2D eigenvalue weighted by Gasteiger charge is -2.10. The fourth-order valence-electron chi connectivity index (χ4n) is 3.28. The number of fused-ring (bicyclic) bond motifs is 1. The van der Waals surface area contributed by atoms with Gasteiger partial charge in [0, 0.05) is 36.3 Å². The van der Waals surface area contributed by atoms with Crippen molar-refractivity contribution in [2.45, 2.75) is 6.54 Å². The van der Waals surface area contributed by atoms with E-state index >= 15 is 0 Å². The number of hydrogen-bond donors (Lipinski definition) is 4. The number of pyridine rings is 1. The van der Waals surface area contributed by atoms with Crippen molar-refractivity contribution in [3.8, 4) is 23.0 Å². The molecule has 4 aromatic rings. The standard InChI is InChI=1S/C24H19FN5OS/c1-2-3-16-12-28-23(27)21-18(13-32-22(16)21)15-5-7-17(8-6-15)29-24(31)30-20-10-14(11-26)4-9-19(20)25/h4-10,12-13H,1,11,26H2,(H2,27,28)(H2,29,30,31). The quantitative estimate of drug-likeness (QED) is 0.333. The lowest BCUT2D eigenvalue weighted by molar-refractivity contribution is 0.262. The van der Waals surface area contributed by atoms with E-state index in [2.05, 4.69) is 34.4 Å². The number of hydrogen-bond acceptors (Lipinski definition) is 5. The Balaban J connectivity index is 1.54. The molecule has 0 bridgehead atoms. The van der Waals surface area contributed by atoms with Gasteiger partial charge in [-0.2, -0.15) is 0 Å². The van der Waals surface area contributed by atoms with Crippen molar-refractivity contribution in [3.63, 3.8) is 0 Å². The smallest absolute Gasteiger partial charge is 0.323 e. The summed E-state index contributed by atoms with van der Waals surface area (Å²) < 4.78 is 14.9. The van der Waals surface area contributed by atoms with Gasteiger partial charge in [-0.1, -0.05) is 30.0 Å². The van der Waals surface area contributed by atoms with Crippen molar-refractivity contribution < 1.29 is 9.18 Å². The average molecular weight is 445 g/mol. The summed E-state index contributed by atoms with van der Waals surface area (Å²) in [6.07, 6.45) is 1.65. The van der Waals surface area contributed by atoms with Crippen LogP contribution in [0.15, 0.2) is 54.0 Å². The minimum atomic E-state index is -0.559. The number of urea groups is 1. The highest BCUT2D eigenvalue weighted by molar-refractivity contribution is 7.18. The first-order valence-corrected chi connectivity index (χ1v) is 10.5. The van der Waals surface area contributed by atoms with E-state index in [9.17, 15) is 9.18 Å². The number of thiophene rings is 1. The van der Waals surface area contributed by atoms with Gasteiger partial charge >= 0.3 is 6.03 Å². The highest BCUT2D eigenvalue weighted by atomic mass is 32.1. The Bertz CT molecular complexity index is 1370. The lowest BCUT2D eigenvalue weighted by Crippen LogP contribution is -2.20. The molecule has 0 fully saturated rings. The van der Waals surface area contributed by atoms with Gasteiger partial charge in [-0.15, -0.1) is 11.3 Å². The minimum Gasteiger partial charge on any atom is -0.383 e. The van der Waals surface area contributed by atoms with E-state index in [1.165, 1.54) is 23.5 Å². The van der Waals surface area contributed by atoms with Gasteiger partial charge in [-0.25, -0.2) is 14.2 Å². The third-order valence-corrected chi connectivity index (χ3v) is 5.83. The third kappa shape index (κ3) is 4.25. The monoisotopic (exact) mass is 444 g/mol. The number of carbonyl (C=O) groups excluding carboxylic acids is 1. The van der Waals surface area contributed by atoms with Crippen molar-refractivity contribution in [1.29, 1.82) is 0 Å². The molecule has 0 atom stereocenters. The van der Waals surface area contributed by atoms with Gasteiger partial charge in [0.1, 0.15) is 11.6 Å². The SMILES string of the molecule is [CH2]C#Cc1cnc(N)c2c(-c3ccc(NC(=O)Nc4cc(CN)ccc4F)cc3)csc12. The molecule has 0 aliphatic rings. The molecule has 8 heteroatoms. The zero-order valence-electron chi connectivity index (χ0n) is 16.9. The fourth-order valence-corrected chi connectivity index (χ4v) is 4.33. The maximum absolute atomic E-state index is 13.9. The third-order valence-electron chi connectivity index (χ3n) is 4.82. The Morgan fingerprint density at radius 1 is 1.19 bits per heavy atom. The highest BCUT2D eigenvalue weighted by Gasteiger charge is 2.14. The number of carbonyl (C=O) groups is 1. The molecule has 0 saturated heterocycles. The van der Waals surface area contributed by atoms with Gasteiger partial charge in [-0.05, 0) is 40.8 Å². The molecule has 1 radical (unpaired) electrons. The van der Waals surface area contributed by atoms with Crippen molar-refractivity contribution in [3.05, 3.63) is 77.9 Å². The van der Waals surface area contributed by atoms with Crippen LogP contribution in [0.4, 0.5) is 26.4 Å². The number of halogens is 1. The van der Waals surface area contributed by atoms with Crippen molar-refractivity contribution >= 4 is 44.6 Å². The molecular formula is C24H19FN5OS. The molecule has 6 nitrogen and oxygen atoms in total. The van der Waals surface area contributed by atoms with Crippen molar-refractivity contribution in [2.75, 3.05) is 16.4 Å². The number of rotatable bonds is 4. The molecule has 0 aliphatic heterocycles. The lowest BCUT2D eigenvalue weighted by atomic mass is 10.0. The molecule has 32 heavy (non-hydrogen) atoms. The molecular weight excluding hydrogens is 425 g/mol. The summed E-state index contributed by atoms with van der Waals surface area (Å²) in [4.78, 5) is 16.6. The van der Waals surface area contributed by atoms with Crippen molar-refractivity contribution in [2.24, 2.45) is 5.73 Å². The summed E-state index contributed by atoms with van der Waals surface area (Å²) in [7, 11) is 0. The summed E-state index contributed by atoms with van der Waals surface area (Å²) in [6, 6.07) is 11.0. The molecule has 0 unspecified atom stereocenters. The van der Waals surface area contributed by atoms with E-state index in [0.717, 1.165) is 26.8 Å². The Morgan fingerprint density at radius 3 is 2.69 bits per heavy atom. The molecule has 2 heterocycles. The molecule has 2 aromatic carbocycles. The first kappa shape index (κ1) is 21.3. The zero-order chi connectivity index (χ0) is 22.7. The number of anilines is 3. The Hall–Kier alpha value is -3.93. The largest absolute Gasteiger partial charge is 0.383 e. The van der Waals surface area contributed by atoms with E-state index in [1.54, 1.807) is 24.4 Å². The summed E-state index contributed by atoms with van der Waals surface area (Å²) in [5.74, 6) is 5.48. The second kappa shape index (κ2) is 9.06. The van der Waals surface area contributed by atoms with E-state index in [4.69, 9.17) is 11.5 Å². The van der Waals surface area contributed by atoms with Crippen LogP contribution < -0.4 is 22.1 Å². The second-order valence-electron chi connectivity index (χ2n) is 6.89. The van der Waals surface area contributed by atoms with Crippen LogP contribution in [-0.4, -0.2) is 11.0 Å². The molecule has 0 aliphatic carbocycles. The van der Waals surface area contributed by atoms with Crippen LogP contribution in [0.3, 0.4) is 0 Å². The number of amides is 2. The zero-order valence-corrected chi connectivity index (χ0v) is 17.7. The maximum atomic E-state index is 13.9. The highest BCUT2D eigenvalue weighted by Crippen LogP contribution is 2.38. The first-order valence-electron chi connectivity index (χ1n) is 9.61. The van der Waals surface area contributed by atoms with Gasteiger partial charge in [0.15, 0.2) is 0 Å². The van der Waals surface area contributed by atoms with E-state index < -0.39 is 11.8 Å². The van der Waals surface area contributed by atoms with E-state index in [0.29, 0.717) is 17.1 Å². The predicted octanol–water partition coefficient (Wildman–Crippen LogP) is 4.97. The molecule has 2 amide bonds. The predicted molar refractivity (Wildman–Crippen MR) is 129 cm³/mol. The number of benzene rings is 2. The number of nitrogens with zero attached hydrogens (tertiary/aromatic N) is 1. The summed E-state index contributed by atoms with van der Waals surface area (Å²) in [6.45, 7) is 3.82. The Kier molecular flexibility index (Phi) is 6.03. The van der Waals surface area contributed by atoms with E-state index in [-0.39, 0.29) is 12.2 Å². The van der Waals surface area contributed by atoms with Gasteiger partial charge < -0.3 is 22.1 Å².